The summed E-state index contributed by atoms with van der Waals surface area (Å²) < 4.78 is 0. The van der Waals surface area contributed by atoms with Gasteiger partial charge in [-0.25, -0.2) is 0 Å². The molecule has 2 saturated carbocycles. The van der Waals surface area contributed by atoms with E-state index in [1.807, 2.05) is 0 Å². The number of aliphatic hydroxyl groups excluding tert-OH is 1. The lowest BCUT2D eigenvalue weighted by molar-refractivity contribution is -0.139. The molecule has 6 nitrogen and oxygen atoms in total. The minimum Gasteiger partial charge on any atom is -0.481 e. The number of carboxylic acid groups (broad SMARTS) is 1. The third-order valence-corrected chi connectivity index (χ3v) is 5.59. The maximum absolute atomic E-state index is 11.6. The van der Waals surface area contributed by atoms with Crippen LogP contribution in [0.25, 0.3) is 0 Å². The van der Waals surface area contributed by atoms with Crippen LogP contribution in [0.5, 0.6) is 0 Å². The lowest BCUT2D eigenvalue weighted by atomic mass is 9.77. The molecule has 5 N–H and O–H groups in total. The van der Waals surface area contributed by atoms with Crippen LogP contribution in [0.3, 0.4) is 0 Å². The number of aliphatic carboxylic acids is 1. The first-order valence-electron chi connectivity index (χ1n) is 8.31. The lowest BCUT2D eigenvalue weighted by Crippen LogP contribution is -2.42. The fourth-order valence-corrected chi connectivity index (χ4v) is 4.31. The van der Waals surface area contributed by atoms with Crippen molar-refractivity contribution in [1.82, 2.24) is 5.32 Å². The van der Waals surface area contributed by atoms with Gasteiger partial charge >= 0.3 is 5.97 Å². The highest BCUT2D eigenvalue weighted by molar-refractivity contribution is 5.85. The number of amides is 1. The molecule has 0 aromatic carbocycles. The molecule has 1 amide bonds. The van der Waals surface area contributed by atoms with Crippen molar-refractivity contribution in [3.63, 3.8) is 0 Å². The van der Waals surface area contributed by atoms with Gasteiger partial charge in [-0.3, -0.25) is 9.59 Å². The molecule has 0 aromatic heterocycles. The molecule has 0 heterocycles. The highest BCUT2D eigenvalue weighted by Crippen LogP contribution is 2.53. The topological polar surface area (TPSA) is 113 Å². The normalized spacial score (nSPS) is 32.7. The summed E-state index contributed by atoms with van der Waals surface area (Å²) in [5, 5.41) is 21.4. The van der Waals surface area contributed by atoms with Gasteiger partial charge in [-0.1, -0.05) is 6.92 Å². The molecule has 0 aromatic rings. The summed E-state index contributed by atoms with van der Waals surface area (Å²) in [6, 6.07) is -1.03. The van der Waals surface area contributed by atoms with Crippen LogP contribution in [-0.2, 0) is 9.59 Å². The summed E-state index contributed by atoms with van der Waals surface area (Å²) >= 11 is 0. The fraction of sp³-hybridized carbons (Fsp3) is 0.875. The third kappa shape index (κ3) is 4.20. The number of nitrogens with two attached hydrogens (primary N) is 1. The fourth-order valence-electron chi connectivity index (χ4n) is 4.31. The lowest BCUT2D eigenvalue weighted by Gasteiger charge is -2.30. The number of nitrogens with one attached hydrogen (secondary N) is 1. The van der Waals surface area contributed by atoms with Gasteiger partial charge in [-0.05, 0) is 55.8 Å². The summed E-state index contributed by atoms with van der Waals surface area (Å²) in [6.45, 7) is 2.64. The standard InChI is InChI=1S/C16H28N2O4/c1-9-10-2-3-11(6-10)13(9)7-12(19)4-5-18-16(22)14(17)8-15(20)21/h9-14,19H,2-8,17H2,1H3,(H,18,22)(H,20,21)/t9-,10?,11?,12?,13-,14+/m1/s1. The average molecular weight is 312 g/mol. The monoisotopic (exact) mass is 312 g/mol. The van der Waals surface area contributed by atoms with Gasteiger partial charge in [0.05, 0.1) is 18.6 Å². The molecule has 6 atom stereocenters. The van der Waals surface area contributed by atoms with Gasteiger partial charge in [-0.2, -0.15) is 0 Å². The average Bonchev–Trinajstić information content (AvgIpc) is 3.01. The Morgan fingerprint density at radius 1 is 1.32 bits per heavy atom. The number of hydrogen-bond acceptors (Lipinski definition) is 4. The Morgan fingerprint density at radius 2 is 2.00 bits per heavy atom. The maximum Gasteiger partial charge on any atom is 0.305 e. The van der Waals surface area contributed by atoms with Crippen molar-refractivity contribution < 1.29 is 19.8 Å². The summed E-state index contributed by atoms with van der Waals surface area (Å²) in [4.78, 5) is 22.1. The minimum absolute atomic E-state index is 0.336. The molecule has 3 unspecified atom stereocenters. The zero-order chi connectivity index (χ0) is 16.3. The van der Waals surface area contributed by atoms with Crippen molar-refractivity contribution in [2.24, 2.45) is 29.4 Å². The predicted molar refractivity (Wildman–Crippen MR) is 82.0 cm³/mol. The van der Waals surface area contributed by atoms with Crippen molar-refractivity contribution in [2.45, 2.75) is 57.6 Å². The van der Waals surface area contributed by atoms with E-state index in [2.05, 4.69) is 12.2 Å². The summed E-state index contributed by atoms with van der Waals surface area (Å²) in [7, 11) is 0. The Morgan fingerprint density at radius 3 is 2.59 bits per heavy atom. The van der Waals surface area contributed by atoms with Crippen molar-refractivity contribution in [2.75, 3.05) is 6.54 Å². The van der Waals surface area contributed by atoms with Crippen molar-refractivity contribution >= 4 is 11.9 Å². The Balaban J connectivity index is 1.65. The molecule has 0 spiro atoms. The van der Waals surface area contributed by atoms with Crippen LogP contribution in [0.1, 0.15) is 45.4 Å². The first-order valence-corrected chi connectivity index (χ1v) is 8.31. The molecule has 2 fully saturated rings. The predicted octanol–water partition coefficient (Wildman–Crippen LogP) is 0.728. The number of carbonyl (C=O) groups is 2. The second-order valence-corrected chi connectivity index (χ2v) is 7.03. The molecule has 2 rings (SSSR count). The van der Waals surface area contributed by atoms with E-state index in [-0.39, 0.29) is 6.42 Å². The Hall–Kier alpha value is -1.14. The summed E-state index contributed by atoms with van der Waals surface area (Å²) in [5.74, 6) is 1.37. The van der Waals surface area contributed by atoms with Gasteiger partial charge in [0.2, 0.25) is 5.91 Å². The van der Waals surface area contributed by atoms with Crippen LogP contribution >= 0.6 is 0 Å². The smallest absolute Gasteiger partial charge is 0.305 e. The van der Waals surface area contributed by atoms with E-state index >= 15 is 0 Å². The Kier molecular flexibility index (Phi) is 5.81. The molecule has 6 heteroatoms. The van der Waals surface area contributed by atoms with Crippen LogP contribution in [0.15, 0.2) is 0 Å². The first kappa shape index (κ1) is 17.2. The van der Waals surface area contributed by atoms with E-state index in [1.54, 1.807) is 0 Å². The molecule has 0 saturated heterocycles. The van der Waals surface area contributed by atoms with Crippen LogP contribution < -0.4 is 11.1 Å². The Labute approximate surface area is 131 Å². The quantitative estimate of drug-likeness (QED) is 0.528. The van der Waals surface area contributed by atoms with Crippen LogP contribution in [-0.4, -0.2) is 40.8 Å². The van der Waals surface area contributed by atoms with E-state index in [9.17, 15) is 14.7 Å². The number of rotatable bonds is 8. The second kappa shape index (κ2) is 7.42. The van der Waals surface area contributed by atoms with Gasteiger partial charge in [0.25, 0.3) is 0 Å². The van der Waals surface area contributed by atoms with Gasteiger partial charge in [0.15, 0.2) is 0 Å². The molecular weight excluding hydrogens is 284 g/mol. The molecule has 0 aliphatic heterocycles. The van der Waals surface area contributed by atoms with Gasteiger partial charge < -0.3 is 21.3 Å². The SMILES string of the molecule is C[C@@H]1C2CCC(C2)[C@@H]1CC(O)CCNC(=O)[C@@H](N)CC(=O)O. The first-order chi connectivity index (χ1) is 10.4. The van der Waals surface area contributed by atoms with Crippen molar-refractivity contribution in [3.8, 4) is 0 Å². The molecule has 22 heavy (non-hydrogen) atoms. The van der Waals surface area contributed by atoms with Crippen molar-refractivity contribution in [1.29, 1.82) is 0 Å². The minimum atomic E-state index is -1.09. The molecule has 126 valence electrons. The van der Waals surface area contributed by atoms with Crippen LogP contribution in [0.2, 0.25) is 0 Å². The number of carboxylic acids is 1. The molecule has 2 bridgehead atoms. The van der Waals surface area contributed by atoms with Gasteiger partial charge in [0.1, 0.15) is 0 Å². The van der Waals surface area contributed by atoms with Gasteiger partial charge in [0, 0.05) is 6.54 Å². The third-order valence-electron chi connectivity index (χ3n) is 5.59. The van der Waals surface area contributed by atoms with E-state index in [4.69, 9.17) is 10.8 Å². The zero-order valence-electron chi connectivity index (χ0n) is 13.2. The van der Waals surface area contributed by atoms with E-state index in [1.165, 1.54) is 19.3 Å². The number of aliphatic hydroxyl groups is 1. The highest BCUT2D eigenvalue weighted by Gasteiger charge is 2.45. The van der Waals surface area contributed by atoms with E-state index in [0.29, 0.717) is 24.8 Å². The van der Waals surface area contributed by atoms with Crippen LogP contribution in [0.4, 0.5) is 0 Å². The summed E-state index contributed by atoms with van der Waals surface area (Å²) in [5.41, 5.74) is 5.47. The number of hydrogen-bond donors (Lipinski definition) is 4. The molecular formula is C16H28N2O4. The maximum atomic E-state index is 11.6. The zero-order valence-corrected chi connectivity index (χ0v) is 13.2. The largest absolute Gasteiger partial charge is 0.481 e. The van der Waals surface area contributed by atoms with Crippen molar-refractivity contribution in [3.05, 3.63) is 0 Å². The van der Waals surface area contributed by atoms with Crippen LogP contribution in [0, 0.1) is 23.7 Å². The van der Waals surface area contributed by atoms with E-state index in [0.717, 1.165) is 18.3 Å². The highest BCUT2D eigenvalue weighted by atomic mass is 16.4. The van der Waals surface area contributed by atoms with Gasteiger partial charge in [-0.15, -0.1) is 0 Å². The number of carbonyl (C=O) groups excluding carboxylic acids is 1. The Bertz CT molecular complexity index is 413. The molecule has 2 aliphatic rings. The molecule has 0 radical (unpaired) electrons. The molecule has 2 aliphatic carbocycles. The van der Waals surface area contributed by atoms with E-state index < -0.39 is 24.0 Å². The number of fused-ring (bicyclic) bond motifs is 2. The summed E-state index contributed by atoms with van der Waals surface area (Å²) in [6.07, 6.45) is 4.47. The second-order valence-electron chi connectivity index (χ2n) is 7.03.